The molecule has 2 N–H and O–H groups in total. The van der Waals surface area contributed by atoms with Crippen LogP contribution in [0.4, 0.5) is 5.69 Å². The first-order chi connectivity index (χ1) is 9.61. The summed E-state index contributed by atoms with van der Waals surface area (Å²) in [4.78, 5) is 2.56. The first kappa shape index (κ1) is 15.4. The van der Waals surface area contributed by atoms with Crippen LogP contribution in [0.25, 0.3) is 0 Å². The van der Waals surface area contributed by atoms with Crippen LogP contribution in [0.5, 0.6) is 0 Å². The Kier molecular flexibility index (Phi) is 5.09. The molecule has 112 valence electrons. The maximum Gasteiger partial charge on any atom is 0.0524 e. The first-order valence-corrected chi connectivity index (χ1v) is 8.15. The van der Waals surface area contributed by atoms with E-state index in [2.05, 4.69) is 49.9 Å². The molecule has 0 bridgehead atoms. The van der Waals surface area contributed by atoms with Crippen molar-refractivity contribution in [2.45, 2.75) is 58.4 Å². The van der Waals surface area contributed by atoms with Gasteiger partial charge < -0.3 is 10.6 Å². The van der Waals surface area contributed by atoms with Crippen LogP contribution in [0.15, 0.2) is 24.3 Å². The topological polar surface area (TPSA) is 29.3 Å². The van der Waals surface area contributed by atoms with Crippen molar-refractivity contribution in [2.75, 3.05) is 18.0 Å². The lowest BCUT2D eigenvalue weighted by atomic mass is 9.87. The van der Waals surface area contributed by atoms with Gasteiger partial charge in [0.05, 0.1) is 5.54 Å². The summed E-state index contributed by atoms with van der Waals surface area (Å²) >= 11 is 0. The van der Waals surface area contributed by atoms with Crippen LogP contribution in [-0.4, -0.2) is 18.6 Å². The van der Waals surface area contributed by atoms with Crippen molar-refractivity contribution in [2.24, 2.45) is 11.7 Å². The van der Waals surface area contributed by atoms with E-state index in [9.17, 15) is 0 Å². The molecule has 1 aliphatic carbocycles. The van der Waals surface area contributed by atoms with Gasteiger partial charge in [0.25, 0.3) is 0 Å². The molecule has 0 heterocycles. The molecule has 1 aliphatic rings. The molecule has 2 atom stereocenters. The second kappa shape index (κ2) is 6.62. The van der Waals surface area contributed by atoms with E-state index in [1.54, 1.807) is 0 Å². The average molecular weight is 274 g/mol. The van der Waals surface area contributed by atoms with Crippen LogP contribution in [0.3, 0.4) is 0 Å². The number of rotatable bonds is 4. The first-order valence-electron chi connectivity index (χ1n) is 8.15. The lowest BCUT2D eigenvalue weighted by Gasteiger charge is -2.44. The van der Waals surface area contributed by atoms with Crippen molar-refractivity contribution in [3.63, 3.8) is 0 Å². The molecule has 2 heteroatoms. The number of anilines is 1. The van der Waals surface area contributed by atoms with Crippen molar-refractivity contribution >= 4 is 5.69 Å². The van der Waals surface area contributed by atoms with Gasteiger partial charge in [0.15, 0.2) is 0 Å². The molecule has 20 heavy (non-hydrogen) atoms. The zero-order chi connectivity index (χ0) is 14.6. The predicted octanol–water partition coefficient (Wildman–Crippen LogP) is 4.12. The van der Waals surface area contributed by atoms with Crippen LogP contribution in [0.1, 0.15) is 51.5 Å². The highest BCUT2D eigenvalue weighted by Crippen LogP contribution is 2.36. The Morgan fingerprint density at radius 1 is 1.20 bits per heavy atom. The van der Waals surface area contributed by atoms with E-state index in [4.69, 9.17) is 5.73 Å². The summed E-state index contributed by atoms with van der Waals surface area (Å²) in [5.74, 6) is 0.847. The Morgan fingerprint density at radius 2 is 1.90 bits per heavy atom. The van der Waals surface area contributed by atoms with E-state index in [0.717, 1.165) is 19.0 Å². The van der Waals surface area contributed by atoms with Gasteiger partial charge in [-0.2, -0.15) is 0 Å². The van der Waals surface area contributed by atoms with Gasteiger partial charge >= 0.3 is 0 Å². The molecule has 2 nitrogen and oxygen atoms in total. The molecule has 0 radical (unpaired) electrons. The van der Waals surface area contributed by atoms with Crippen molar-refractivity contribution in [1.29, 1.82) is 0 Å². The predicted molar refractivity (Wildman–Crippen MR) is 88.2 cm³/mol. The number of hydrogen-bond donors (Lipinski definition) is 1. The highest BCUT2D eigenvalue weighted by molar-refractivity contribution is 5.50. The Balaban J connectivity index is 2.28. The van der Waals surface area contributed by atoms with Crippen molar-refractivity contribution < 1.29 is 0 Å². The summed E-state index contributed by atoms with van der Waals surface area (Å²) in [5.41, 5.74) is 9.07. The zero-order valence-electron chi connectivity index (χ0n) is 13.4. The summed E-state index contributed by atoms with van der Waals surface area (Å²) in [7, 11) is 0. The molecule has 2 rings (SSSR count). The molecule has 2 unspecified atom stereocenters. The second-order valence-corrected chi connectivity index (χ2v) is 6.54. The fourth-order valence-corrected chi connectivity index (χ4v) is 3.66. The number of nitrogens with zero attached hydrogens (tertiary/aromatic N) is 1. The third-order valence-electron chi connectivity index (χ3n) is 5.06. The van der Waals surface area contributed by atoms with E-state index < -0.39 is 0 Å². The van der Waals surface area contributed by atoms with Crippen LogP contribution in [0.2, 0.25) is 0 Å². The second-order valence-electron chi connectivity index (χ2n) is 6.54. The van der Waals surface area contributed by atoms with E-state index in [1.807, 2.05) is 0 Å². The number of aryl methyl sites for hydroxylation is 1. The molecule has 0 spiro atoms. The molecule has 1 fully saturated rings. The molecule has 0 aliphatic heterocycles. The highest BCUT2D eigenvalue weighted by atomic mass is 15.2. The normalized spacial score (nSPS) is 27.1. The smallest absolute Gasteiger partial charge is 0.0524 e. The van der Waals surface area contributed by atoms with E-state index in [0.29, 0.717) is 0 Å². The molecular weight excluding hydrogens is 244 g/mol. The van der Waals surface area contributed by atoms with E-state index in [1.165, 1.54) is 43.4 Å². The quantitative estimate of drug-likeness (QED) is 0.837. The van der Waals surface area contributed by atoms with Gasteiger partial charge in [-0.1, -0.05) is 37.5 Å². The minimum Gasteiger partial charge on any atom is -0.365 e. The van der Waals surface area contributed by atoms with E-state index in [-0.39, 0.29) is 5.54 Å². The Hall–Kier alpha value is -1.02. The van der Waals surface area contributed by atoms with Crippen molar-refractivity contribution in [3.8, 4) is 0 Å². The number of benzene rings is 1. The minimum absolute atomic E-state index is 0.161. The van der Waals surface area contributed by atoms with Crippen LogP contribution in [0, 0.1) is 12.8 Å². The SMILES string of the molecule is CCN(c1ccc(C)cc1)C1(CN)CCCC(C)CC1. The third-order valence-corrected chi connectivity index (χ3v) is 5.06. The molecule has 0 aromatic heterocycles. The Bertz CT molecular complexity index is 412. The van der Waals surface area contributed by atoms with Crippen LogP contribution in [-0.2, 0) is 0 Å². The van der Waals surface area contributed by atoms with Crippen molar-refractivity contribution in [3.05, 3.63) is 29.8 Å². The number of likely N-dealkylation sites (N-methyl/N-ethyl adjacent to an activating group) is 1. The maximum atomic E-state index is 6.26. The number of hydrogen-bond acceptors (Lipinski definition) is 2. The van der Waals surface area contributed by atoms with Crippen LogP contribution >= 0.6 is 0 Å². The van der Waals surface area contributed by atoms with Gasteiger partial charge in [-0.05, 0) is 51.2 Å². The number of nitrogens with two attached hydrogens (primary N) is 1. The maximum absolute atomic E-state index is 6.26. The molecule has 1 saturated carbocycles. The van der Waals surface area contributed by atoms with Gasteiger partial charge in [-0.15, -0.1) is 0 Å². The fourth-order valence-electron chi connectivity index (χ4n) is 3.66. The lowest BCUT2D eigenvalue weighted by Crippen LogP contribution is -2.54. The largest absolute Gasteiger partial charge is 0.365 e. The molecule has 0 amide bonds. The Labute approximate surface area is 124 Å². The Morgan fingerprint density at radius 3 is 2.50 bits per heavy atom. The van der Waals surface area contributed by atoms with Gasteiger partial charge in [0.1, 0.15) is 0 Å². The van der Waals surface area contributed by atoms with E-state index >= 15 is 0 Å². The highest BCUT2D eigenvalue weighted by Gasteiger charge is 2.36. The van der Waals surface area contributed by atoms with Gasteiger partial charge in [-0.25, -0.2) is 0 Å². The monoisotopic (exact) mass is 274 g/mol. The van der Waals surface area contributed by atoms with Crippen molar-refractivity contribution in [1.82, 2.24) is 0 Å². The lowest BCUT2D eigenvalue weighted by molar-refractivity contribution is 0.345. The van der Waals surface area contributed by atoms with Gasteiger partial charge in [0, 0.05) is 18.8 Å². The third kappa shape index (κ3) is 3.17. The fraction of sp³-hybridized carbons (Fsp3) is 0.667. The standard InChI is InChI=1S/C18H30N2/c1-4-20(17-9-7-16(3)8-10-17)18(14-19)12-5-6-15(2)11-13-18/h7-10,15H,4-6,11-14,19H2,1-3H3. The summed E-state index contributed by atoms with van der Waals surface area (Å²) in [6, 6.07) is 8.93. The summed E-state index contributed by atoms with van der Waals surface area (Å²) in [6.45, 7) is 8.59. The summed E-state index contributed by atoms with van der Waals surface area (Å²) in [5, 5.41) is 0. The molecular formula is C18H30N2. The average Bonchev–Trinajstić information content (AvgIpc) is 2.65. The summed E-state index contributed by atoms with van der Waals surface area (Å²) in [6.07, 6.45) is 6.43. The molecule has 1 aromatic rings. The van der Waals surface area contributed by atoms with Gasteiger partial charge in [0.2, 0.25) is 0 Å². The molecule has 1 aromatic carbocycles. The van der Waals surface area contributed by atoms with Crippen LogP contribution < -0.4 is 10.6 Å². The minimum atomic E-state index is 0.161. The van der Waals surface area contributed by atoms with Gasteiger partial charge in [-0.3, -0.25) is 0 Å². The summed E-state index contributed by atoms with van der Waals surface area (Å²) < 4.78 is 0. The zero-order valence-corrected chi connectivity index (χ0v) is 13.4. The molecule has 0 saturated heterocycles.